The number of carbonyl (C=O) groups is 2. The fourth-order valence-corrected chi connectivity index (χ4v) is 5.27. The lowest BCUT2D eigenvalue weighted by atomic mass is 9.83. The molecule has 0 saturated heterocycles. The zero-order valence-corrected chi connectivity index (χ0v) is 18.6. The molecule has 32 heavy (non-hydrogen) atoms. The molecule has 0 aliphatic heterocycles. The average Bonchev–Trinajstić information content (AvgIpc) is 3.24. The van der Waals surface area contributed by atoms with Crippen molar-refractivity contribution in [1.82, 2.24) is 10.1 Å². The quantitative estimate of drug-likeness (QED) is 0.507. The normalized spacial score (nSPS) is 20.5. The topological polar surface area (TPSA) is 72.6 Å². The molecule has 168 valence electrons. The first-order valence-corrected chi connectivity index (χ1v) is 11.8. The van der Waals surface area contributed by atoms with Crippen LogP contribution in [0.25, 0.3) is 21.7 Å². The van der Waals surface area contributed by atoms with Gasteiger partial charge in [0.15, 0.2) is 5.58 Å². The Morgan fingerprint density at radius 3 is 2.75 bits per heavy atom. The summed E-state index contributed by atoms with van der Waals surface area (Å²) in [5.74, 6) is 0.423. The molecule has 3 aromatic rings. The number of fused-ring (bicyclic) bond motifs is 3. The van der Waals surface area contributed by atoms with Gasteiger partial charge in [0.2, 0.25) is 0 Å². The van der Waals surface area contributed by atoms with E-state index in [-0.39, 0.29) is 23.9 Å². The summed E-state index contributed by atoms with van der Waals surface area (Å²) < 4.78 is 11.6. The minimum absolute atomic E-state index is 0.00290. The maximum Gasteiger partial charge on any atom is 0.167 e. The van der Waals surface area contributed by atoms with E-state index in [1.165, 1.54) is 32.1 Å². The molecule has 0 radical (unpaired) electrons. The number of ether oxygens (including phenoxy) is 1. The summed E-state index contributed by atoms with van der Waals surface area (Å²) in [5, 5.41) is 7.13. The molecule has 1 aromatic heterocycles. The van der Waals surface area contributed by atoms with Crippen LogP contribution in [-0.4, -0.2) is 47.9 Å². The minimum atomic E-state index is -0.370. The third-order valence-electron chi connectivity index (χ3n) is 7.16. The van der Waals surface area contributed by atoms with Crippen LogP contribution in [-0.2, 0) is 9.59 Å². The van der Waals surface area contributed by atoms with Crippen molar-refractivity contribution in [2.24, 2.45) is 0 Å². The number of hydrogen-bond donors (Lipinski definition) is 0. The highest BCUT2D eigenvalue weighted by atomic mass is 16.5. The van der Waals surface area contributed by atoms with Gasteiger partial charge < -0.3 is 14.2 Å². The van der Waals surface area contributed by atoms with Crippen molar-refractivity contribution < 1.29 is 18.8 Å². The van der Waals surface area contributed by atoms with Crippen molar-refractivity contribution in [2.75, 3.05) is 20.2 Å². The molecular formula is C26H30N2O4. The number of benzene rings is 2. The van der Waals surface area contributed by atoms with Crippen molar-refractivity contribution >= 4 is 33.3 Å². The zero-order chi connectivity index (χ0) is 22.1. The maximum absolute atomic E-state index is 12.5. The Bertz CT molecular complexity index is 1150. The lowest BCUT2D eigenvalue weighted by Crippen LogP contribution is -2.36. The van der Waals surface area contributed by atoms with Crippen molar-refractivity contribution in [3.8, 4) is 5.75 Å². The van der Waals surface area contributed by atoms with Gasteiger partial charge >= 0.3 is 0 Å². The highest BCUT2D eigenvalue weighted by Gasteiger charge is 2.32. The average molecular weight is 435 g/mol. The number of Topliss-reactive ketones (excluding diaryl/α,β-unsaturated/α-hetero) is 2. The van der Waals surface area contributed by atoms with Gasteiger partial charge in [0.25, 0.3) is 0 Å². The molecule has 2 saturated carbocycles. The molecule has 1 heterocycles. The standard InChI is InChI=1S/C26H30N2O4/c1-28(18-5-3-2-4-6-18)13-14-31-20-9-11-21-17(15-20)7-12-24-25(21)26(27-32-24)22-10-8-19(29)16-23(22)30/h7,9,11-12,15,18,22H,2-6,8,10,13-14,16H2,1H3/t22-/m1/s1. The van der Waals surface area contributed by atoms with Gasteiger partial charge in [0.05, 0.1) is 17.7 Å². The van der Waals surface area contributed by atoms with Gasteiger partial charge in [0, 0.05) is 19.0 Å². The summed E-state index contributed by atoms with van der Waals surface area (Å²) in [4.78, 5) is 26.6. The second kappa shape index (κ2) is 9.02. The summed E-state index contributed by atoms with van der Waals surface area (Å²) in [6, 6.07) is 10.6. The number of hydrogen-bond acceptors (Lipinski definition) is 6. The molecule has 2 fully saturated rings. The monoisotopic (exact) mass is 434 g/mol. The molecule has 0 amide bonds. The fourth-order valence-electron chi connectivity index (χ4n) is 5.27. The largest absolute Gasteiger partial charge is 0.492 e. The van der Waals surface area contributed by atoms with E-state index in [0.29, 0.717) is 36.8 Å². The number of rotatable bonds is 6. The number of likely N-dealkylation sites (N-methyl/N-ethyl adjacent to an activating group) is 1. The third-order valence-corrected chi connectivity index (χ3v) is 7.16. The Morgan fingerprint density at radius 2 is 1.94 bits per heavy atom. The van der Waals surface area contributed by atoms with E-state index >= 15 is 0 Å². The number of aromatic nitrogens is 1. The summed E-state index contributed by atoms with van der Waals surface area (Å²) in [5.41, 5.74) is 1.32. The highest BCUT2D eigenvalue weighted by molar-refractivity contribution is 6.11. The van der Waals surface area contributed by atoms with Gasteiger partial charge in [-0.25, -0.2) is 0 Å². The second-order valence-electron chi connectivity index (χ2n) is 9.28. The van der Waals surface area contributed by atoms with Gasteiger partial charge in [-0.15, -0.1) is 0 Å². The number of ketones is 2. The van der Waals surface area contributed by atoms with Crippen LogP contribution in [0.4, 0.5) is 0 Å². The highest BCUT2D eigenvalue weighted by Crippen LogP contribution is 2.37. The van der Waals surface area contributed by atoms with Crippen LogP contribution in [0.3, 0.4) is 0 Å². The predicted octanol–water partition coefficient (Wildman–Crippen LogP) is 5.03. The number of carbonyl (C=O) groups excluding carboxylic acids is 2. The third kappa shape index (κ3) is 4.16. The lowest BCUT2D eigenvalue weighted by Gasteiger charge is -2.31. The van der Waals surface area contributed by atoms with E-state index in [4.69, 9.17) is 9.26 Å². The van der Waals surface area contributed by atoms with Crippen molar-refractivity contribution in [3.05, 3.63) is 36.0 Å². The molecule has 2 aromatic carbocycles. The zero-order valence-electron chi connectivity index (χ0n) is 18.6. The smallest absolute Gasteiger partial charge is 0.167 e. The second-order valence-corrected chi connectivity index (χ2v) is 9.28. The molecule has 2 aliphatic carbocycles. The Labute approximate surface area is 187 Å². The van der Waals surface area contributed by atoms with Gasteiger partial charge in [-0.2, -0.15) is 0 Å². The molecule has 0 N–H and O–H groups in total. The molecular weight excluding hydrogens is 404 g/mol. The minimum Gasteiger partial charge on any atom is -0.492 e. The Kier molecular flexibility index (Phi) is 5.96. The molecule has 1 atom stereocenters. The molecule has 0 bridgehead atoms. The van der Waals surface area contributed by atoms with E-state index in [1.54, 1.807) is 0 Å². The van der Waals surface area contributed by atoms with Crippen LogP contribution >= 0.6 is 0 Å². The van der Waals surface area contributed by atoms with Crippen LogP contribution in [0, 0.1) is 0 Å². The summed E-state index contributed by atoms with van der Waals surface area (Å²) in [6.45, 7) is 1.57. The number of nitrogens with zero attached hydrogens (tertiary/aromatic N) is 2. The van der Waals surface area contributed by atoms with Crippen molar-refractivity contribution in [3.63, 3.8) is 0 Å². The molecule has 5 rings (SSSR count). The Morgan fingerprint density at radius 1 is 1.09 bits per heavy atom. The van der Waals surface area contributed by atoms with E-state index in [1.807, 2.05) is 30.3 Å². The van der Waals surface area contributed by atoms with Crippen molar-refractivity contribution in [2.45, 2.75) is 63.3 Å². The molecule has 6 heteroatoms. The predicted molar refractivity (Wildman–Crippen MR) is 123 cm³/mol. The maximum atomic E-state index is 12.5. The molecule has 0 unspecified atom stereocenters. The SMILES string of the molecule is CN(CCOc1ccc2c(ccc3onc([C@@H]4CCC(=O)CC4=O)c32)c1)C1CCCCC1. The first-order valence-electron chi connectivity index (χ1n) is 11.8. The Balaban J connectivity index is 1.34. The molecule has 6 nitrogen and oxygen atoms in total. The summed E-state index contributed by atoms with van der Waals surface area (Å²) >= 11 is 0. The van der Waals surface area contributed by atoms with Gasteiger partial charge in [-0.1, -0.05) is 30.5 Å². The van der Waals surface area contributed by atoms with Crippen LogP contribution in [0.2, 0.25) is 0 Å². The summed E-state index contributed by atoms with van der Waals surface area (Å²) in [7, 11) is 2.20. The van der Waals surface area contributed by atoms with E-state index < -0.39 is 0 Å². The lowest BCUT2D eigenvalue weighted by molar-refractivity contribution is -0.130. The first-order chi connectivity index (χ1) is 15.6. The summed E-state index contributed by atoms with van der Waals surface area (Å²) in [6.07, 6.45) is 7.55. The van der Waals surface area contributed by atoms with E-state index in [2.05, 4.69) is 17.1 Å². The van der Waals surface area contributed by atoms with E-state index in [0.717, 1.165) is 28.5 Å². The van der Waals surface area contributed by atoms with Crippen LogP contribution in [0.15, 0.2) is 34.9 Å². The van der Waals surface area contributed by atoms with Gasteiger partial charge in [0.1, 0.15) is 29.6 Å². The van der Waals surface area contributed by atoms with Crippen LogP contribution in [0.5, 0.6) is 5.75 Å². The van der Waals surface area contributed by atoms with Crippen molar-refractivity contribution in [1.29, 1.82) is 0 Å². The molecule has 2 aliphatic rings. The van der Waals surface area contributed by atoms with Crippen LogP contribution in [0.1, 0.15) is 63.0 Å². The molecule has 0 spiro atoms. The van der Waals surface area contributed by atoms with Gasteiger partial charge in [-0.05, 0) is 61.3 Å². The van der Waals surface area contributed by atoms with E-state index in [9.17, 15) is 9.59 Å². The van der Waals surface area contributed by atoms with Gasteiger partial charge in [-0.3, -0.25) is 9.59 Å². The fraction of sp³-hybridized carbons (Fsp3) is 0.500. The van der Waals surface area contributed by atoms with Crippen LogP contribution < -0.4 is 4.74 Å². The first kappa shape index (κ1) is 21.1. The Hall–Kier alpha value is -2.73.